The summed E-state index contributed by atoms with van der Waals surface area (Å²) in [5, 5.41) is 7.14. The second kappa shape index (κ2) is 5.13. The largest absolute Gasteiger partial charge is 0.496 e. The Hall–Kier alpha value is -1.63. The fourth-order valence-electron chi connectivity index (χ4n) is 1.60. The lowest BCUT2D eigenvalue weighted by Gasteiger charge is -2.16. The van der Waals surface area contributed by atoms with Crippen LogP contribution >= 0.6 is 11.6 Å². The molecule has 1 unspecified atom stereocenters. The van der Waals surface area contributed by atoms with Crippen LogP contribution in [0.1, 0.15) is 17.4 Å². The summed E-state index contributed by atoms with van der Waals surface area (Å²) in [6.45, 7) is 0. The Morgan fingerprint density at radius 3 is 2.94 bits per heavy atom. The zero-order chi connectivity index (χ0) is 12.3. The van der Waals surface area contributed by atoms with Crippen molar-refractivity contribution in [1.29, 1.82) is 0 Å². The number of hydrazine groups is 1. The molecule has 4 N–H and O–H groups in total. The lowest BCUT2D eigenvalue weighted by Crippen LogP contribution is -2.30. The smallest absolute Gasteiger partial charge is 0.147 e. The Balaban J connectivity index is 2.46. The van der Waals surface area contributed by atoms with Crippen LogP contribution < -0.4 is 16.0 Å². The maximum Gasteiger partial charge on any atom is 0.147 e. The molecule has 0 saturated heterocycles. The van der Waals surface area contributed by atoms with Crippen molar-refractivity contribution < 1.29 is 4.74 Å². The summed E-state index contributed by atoms with van der Waals surface area (Å²) in [5.74, 6) is 6.80. The van der Waals surface area contributed by atoms with Crippen LogP contribution in [0, 0.1) is 0 Å². The second-order valence-electron chi connectivity index (χ2n) is 3.36. The van der Waals surface area contributed by atoms with Gasteiger partial charge in [0.05, 0.1) is 7.11 Å². The SMILES string of the molecule is COc1ccc(Cl)cc1C(NN)c1ncn[nH]1. The van der Waals surface area contributed by atoms with Crippen LogP contribution in [-0.2, 0) is 0 Å². The number of methoxy groups -OCH3 is 1. The standard InChI is InChI=1S/C10H12ClN5O/c1-17-8-3-2-6(11)4-7(8)9(15-12)10-13-5-14-16-10/h2-5,9,15H,12H2,1H3,(H,13,14,16). The molecule has 1 atom stereocenters. The Bertz CT molecular complexity index is 487. The van der Waals surface area contributed by atoms with Crippen LogP contribution in [-0.4, -0.2) is 22.3 Å². The molecule has 0 aliphatic rings. The van der Waals surface area contributed by atoms with Crippen molar-refractivity contribution in [2.45, 2.75) is 6.04 Å². The molecule has 0 radical (unpaired) electrons. The lowest BCUT2D eigenvalue weighted by molar-refractivity contribution is 0.403. The summed E-state index contributed by atoms with van der Waals surface area (Å²) < 4.78 is 5.26. The Kier molecular flexibility index (Phi) is 3.58. The lowest BCUT2D eigenvalue weighted by atomic mass is 10.1. The molecule has 0 fully saturated rings. The number of benzene rings is 1. The fraction of sp³-hybridized carbons (Fsp3) is 0.200. The van der Waals surface area contributed by atoms with Crippen LogP contribution in [0.25, 0.3) is 0 Å². The molecule has 1 heterocycles. The number of nitrogens with zero attached hydrogens (tertiary/aromatic N) is 2. The van der Waals surface area contributed by atoms with Gasteiger partial charge in [-0.05, 0) is 18.2 Å². The molecule has 0 spiro atoms. The molecule has 17 heavy (non-hydrogen) atoms. The average molecular weight is 254 g/mol. The zero-order valence-electron chi connectivity index (χ0n) is 9.14. The number of H-pyrrole nitrogens is 1. The van der Waals surface area contributed by atoms with Gasteiger partial charge in [0, 0.05) is 10.6 Å². The molecular formula is C10H12ClN5O. The Morgan fingerprint density at radius 2 is 2.35 bits per heavy atom. The van der Waals surface area contributed by atoms with Gasteiger partial charge in [0.1, 0.15) is 23.9 Å². The number of aromatic amines is 1. The number of aromatic nitrogens is 3. The van der Waals surface area contributed by atoms with Crippen molar-refractivity contribution in [3.8, 4) is 5.75 Å². The number of hydrogen-bond acceptors (Lipinski definition) is 5. The van der Waals surface area contributed by atoms with E-state index in [-0.39, 0.29) is 6.04 Å². The minimum Gasteiger partial charge on any atom is -0.496 e. The second-order valence-corrected chi connectivity index (χ2v) is 3.79. The van der Waals surface area contributed by atoms with Gasteiger partial charge in [-0.15, -0.1) is 0 Å². The van der Waals surface area contributed by atoms with Crippen LogP contribution in [0.2, 0.25) is 5.02 Å². The molecule has 2 aromatic rings. The van der Waals surface area contributed by atoms with E-state index in [2.05, 4.69) is 20.6 Å². The van der Waals surface area contributed by atoms with Crippen molar-refractivity contribution in [2.75, 3.05) is 7.11 Å². The first-order chi connectivity index (χ1) is 8.26. The molecule has 0 bridgehead atoms. The van der Waals surface area contributed by atoms with E-state index in [0.717, 1.165) is 5.56 Å². The first kappa shape index (κ1) is 11.8. The zero-order valence-corrected chi connectivity index (χ0v) is 9.90. The summed E-state index contributed by atoms with van der Waals surface area (Å²) in [5.41, 5.74) is 3.44. The van der Waals surface area contributed by atoms with E-state index in [0.29, 0.717) is 16.6 Å². The molecule has 90 valence electrons. The van der Waals surface area contributed by atoms with E-state index < -0.39 is 0 Å². The Labute approximate surface area is 103 Å². The molecular weight excluding hydrogens is 242 g/mol. The van der Waals surface area contributed by atoms with Crippen molar-refractivity contribution in [2.24, 2.45) is 5.84 Å². The maximum atomic E-state index is 5.97. The van der Waals surface area contributed by atoms with Gasteiger partial charge in [0.2, 0.25) is 0 Å². The molecule has 0 saturated carbocycles. The molecule has 7 heteroatoms. The van der Waals surface area contributed by atoms with Crippen LogP contribution in [0.15, 0.2) is 24.5 Å². The van der Waals surface area contributed by atoms with Gasteiger partial charge in [-0.3, -0.25) is 10.9 Å². The highest BCUT2D eigenvalue weighted by atomic mass is 35.5. The third-order valence-corrected chi connectivity index (χ3v) is 2.61. The third kappa shape index (κ3) is 2.38. The highest BCUT2D eigenvalue weighted by Crippen LogP contribution is 2.30. The third-order valence-electron chi connectivity index (χ3n) is 2.38. The highest BCUT2D eigenvalue weighted by Gasteiger charge is 2.19. The highest BCUT2D eigenvalue weighted by molar-refractivity contribution is 6.30. The van der Waals surface area contributed by atoms with E-state index >= 15 is 0 Å². The van der Waals surface area contributed by atoms with Gasteiger partial charge in [0.25, 0.3) is 0 Å². The predicted molar refractivity (Wildman–Crippen MR) is 63.6 cm³/mol. The van der Waals surface area contributed by atoms with Gasteiger partial charge in [-0.2, -0.15) is 5.10 Å². The van der Waals surface area contributed by atoms with E-state index in [1.54, 1.807) is 25.3 Å². The van der Waals surface area contributed by atoms with E-state index in [1.165, 1.54) is 6.33 Å². The molecule has 1 aromatic carbocycles. The summed E-state index contributed by atoms with van der Waals surface area (Å²) in [7, 11) is 1.58. The van der Waals surface area contributed by atoms with Gasteiger partial charge >= 0.3 is 0 Å². The van der Waals surface area contributed by atoms with E-state index in [1.807, 2.05) is 0 Å². The molecule has 0 aliphatic heterocycles. The monoisotopic (exact) mass is 253 g/mol. The number of nitrogens with one attached hydrogen (secondary N) is 2. The number of halogens is 1. The van der Waals surface area contributed by atoms with Crippen molar-refractivity contribution in [3.63, 3.8) is 0 Å². The molecule has 0 amide bonds. The average Bonchev–Trinajstić information content (AvgIpc) is 2.84. The number of nitrogens with two attached hydrogens (primary N) is 1. The molecule has 6 nitrogen and oxygen atoms in total. The first-order valence-corrected chi connectivity index (χ1v) is 5.29. The Morgan fingerprint density at radius 1 is 1.53 bits per heavy atom. The minimum absolute atomic E-state index is 0.355. The van der Waals surface area contributed by atoms with Gasteiger partial charge in [-0.1, -0.05) is 11.6 Å². The summed E-state index contributed by atoms with van der Waals surface area (Å²) in [4.78, 5) is 4.06. The predicted octanol–water partition coefficient (Wildman–Crippen LogP) is 1.02. The fourth-order valence-corrected chi connectivity index (χ4v) is 1.78. The van der Waals surface area contributed by atoms with Crippen LogP contribution in [0.5, 0.6) is 5.75 Å². The molecule has 2 rings (SSSR count). The van der Waals surface area contributed by atoms with E-state index in [9.17, 15) is 0 Å². The van der Waals surface area contributed by atoms with Gasteiger partial charge in [0.15, 0.2) is 0 Å². The van der Waals surface area contributed by atoms with Gasteiger partial charge in [-0.25, -0.2) is 10.4 Å². The van der Waals surface area contributed by atoms with Gasteiger partial charge < -0.3 is 4.74 Å². The topological polar surface area (TPSA) is 88.8 Å². The summed E-state index contributed by atoms with van der Waals surface area (Å²) >= 11 is 5.97. The summed E-state index contributed by atoms with van der Waals surface area (Å²) in [6.07, 6.45) is 1.41. The van der Waals surface area contributed by atoms with E-state index in [4.69, 9.17) is 22.2 Å². The minimum atomic E-state index is -0.355. The van der Waals surface area contributed by atoms with Crippen molar-refractivity contribution >= 4 is 11.6 Å². The summed E-state index contributed by atoms with van der Waals surface area (Å²) in [6, 6.07) is 4.94. The molecule has 0 aliphatic carbocycles. The van der Waals surface area contributed by atoms with Crippen LogP contribution in [0.4, 0.5) is 0 Å². The number of ether oxygens (including phenoxy) is 1. The quantitative estimate of drug-likeness (QED) is 0.559. The number of hydrogen-bond donors (Lipinski definition) is 3. The number of rotatable bonds is 4. The van der Waals surface area contributed by atoms with Crippen LogP contribution in [0.3, 0.4) is 0 Å². The molecule has 1 aromatic heterocycles. The normalized spacial score (nSPS) is 12.4. The maximum absolute atomic E-state index is 5.97. The first-order valence-electron chi connectivity index (χ1n) is 4.91. The van der Waals surface area contributed by atoms with Crippen molar-refractivity contribution in [1.82, 2.24) is 20.6 Å². The van der Waals surface area contributed by atoms with Crippen molar-refractivity contribution in [3.05, 3.63) is 40.9 Å².